The number of rotatable bonds is 5. The van der Waals surface area contributed by atoms with Crippen LogP contribution in [0.2, 0.25) is 20.2 Å². The van der Waals surface area contributed by atoms with Crippen molar-refractivity contribution >= 4 is 68.8 Å². The van der Waals surface area contributed by atoms with Crippen molar-refractivity contribution < 1.29 is 14.3 Å². The summed E-state index contributed by atoms with van der Waals surface area (Å²) in [7, 11) is 3.11. The van der Waals surface area contributed by atoms with Crippen molar-refractivity contribution in [1.82, 2.24) is 9.97 Å². The van der Waals surface area contributed by atoms with E-state index >= 15 is 0 Å². The number of methoxy groups -OCH3 is 2. The first-order chi connectivity index (χ1) is 13.3. The van der Waals surface area contributed by atoms with Gasteiger partial charge in [-0.05, 0) is 18.2 Å². The lowest BCUT2D eigenvalue weighted by Gasteiger charge is -2.08. The van der Waals surface area contributed by atoms with Crippen LogP contribution in [0.4, 0.5) is 5.13 Å². The van der Waals surface area contributed by atoms with Crippen LogP contribution in [0.25, 0.3) is 11.3 Å². The van der Waals surface area contributed by atoms with Gasteiger partial charge in [0, 0.05) is 10.9 Å². The van der Waals surface area contributed by atoms with Gasteiger partial charge in [0.15, 0.2) is 22.3 Å². The summed E-state index contributed by atoms with van der Waals surface area (Å²) >= 11 is 25.0. The number of ether oxygens (including phenoxy) is 2. The number of nitrogens with zero attached hydrogens (tertiary/aromatic N) is 2. The molecule has 6 nitrogen and oxygen atoms in total. The number of hydrogen-bond acceptors (Lipinski definition) is 6. The fraction of sp³-hybridized carbons (Fsp3) is 0.118. The minimum absolute atomic E-state index is 0.0186. The first-order valence-corrected chi connectivity index (χ1v) is 9.94. The molecule has 146 valence electrons. The summed E-state index contributed by atoms with van der Waals surface area (Å²) in [6.45, 7) is 0. The number of nitrogens with one attached hydrogen (secondary N) is 1. The highest BCUT2D eigenvalue weighted by Gasteiger charge is 2.21. The van der Waals surface area contributed by atoms with Crippen LogP contribution in [0, 0.1) is 0 Å². The topological polar surface area (TPSA) is 73.3 Å². The Hall–Kier alpha value is -1.77. The molecule has 0 bridgehead atoms. The Morgan fingerprint density at radius 2 is 1.71 bits per heavy atom. The molecule has 0 aliphatic heterocycles. The molecule has 1 amide bonds. The van der Waals surface area contributed by atoms with Gasteiger partial charge in [-0.15, -0.1) is 11.3 Å². The van der Waals surface area contributed by atoms with Crippen LogP contribution in [0.15, 0.2) is 23.6 Å². The van der Waals surface area contributed by atoms with E-state index < -0.39 is 5.91 Å². The third-order valence-electron chi connectivity index (χ3n) is 3.60. The molecule has 0 radical (unpaired) electrons. The molecule has 0 saturated carbocycles. The monoisotopic (exact) mass is 477 g/mol. The third-order valence-corrected chi connectivity index (χ3v) is 6.04. The molecule has 3 rings (SSSR count). The molecule has 3 aromatic rings. The highest BCUT2D eigenvalue weighted by Crippen LogP contribution is 2.37. The first-order valence-electron chi connectivity index (χ1n) is 7.55. The normalized spacial score (nSPS) is 10.6. The lowest BCUT2D eigenvalue weighted by atomic mass is 10.1. The number of amides is 1. The molecular formula is C17H11Cl4N3O3S. The maximum absolute atomic E-state index is 12.5. The van der Waals surface area contributed by atoms with Crippen molar-refractivity contribution in [2.45, 2.75) is 0 Å². The zero-order chi connectivity index (χ0) is 20.4. The van der Waals surface area contributed by atoms with Crippen molar-refractivity contribution in [2.75, 3.05) is 19.5 Å². The number of benzene rings is 1. The summed E-state index contributed by atoms with van der Waals surface area (Å²) in [6.07, 6.45) is 0. The number of carbonyl (C=O) groups excluding carboxylic acids is 1. The molecule has 28 heavy (non-hydrogen) atoms. The molecule has 2 heterocycles. The summed E-state index contributed by atoms with van der Waals surface area (Å²) in [5.41, 5.74) is 1.29. The zero-order valence-electron chi connectivity index (χ0n) is 14.3. The second-order valence-electron chi connectivity index (χ2n) is 5.25. The molecule has 1 aromatic carbocycles. The van der Waals surface area contributed by atoms with Gasteiger partial charge in [-0.25, -0.2) is 9.97 Å². The second-order valence-corrected chi connectivity index (χ2v) is 7.60. The van der Waals surface area contributed by atoms with Crippen LogP contribution in [0.3, 0.4) is 0 Å². The Balaban J connectivity index is 1.85. The van der Waals surface area contributed by atoms with E-state index in [0.717, 1.165) is 5.56 Å². The molecule has 0 aliphatic carbocycles. The highest BCUT2D eigenvalue weighted by atomic mass is 35.5. The van der Waals surface area contributed by atoms with Crippen molar-refractivity contribution in [3.63, 3.8) is 0 Å². The Morgan fingerprint density at radius 3 is 2.39 bits per heavy atom. The molecule has 0 atom stereocenters. The fourth-order valence-corrected chi connectivity index (χ4v) is 3.78. The van der Waals surface area contributed by atoms with Crippen LogP contribution in [0.5, 0.6) is 11.5 Å². The van der Waals surface area contributed by atoms with Gasteiger partial charge in [0.05, 0.1) is 35.0 Å². The summed E-state index contributed by atoms with van der Waals surface area (Å²) in [6, 6.07) is 5.39. The summed E-state index contributed by atoms with van der Waals surface area (Å²) in [4.78, 5) is 20.8. The summed E-state index contributed by atoms with van der Waals surface area (Å²) in [5, 5.41) is 4.47. The van der Waals surface area contributed by atoms with E-state index in [0.29, 0.717) is 22.3 Å². The molecule has 0 unspecified atom stereocenters. The van der Waals surface area contributed by atoms with Crippen LogP contribution in [-0.2, 0) is 0 Å². The van der Waals surface area contributed by atoms with Crippen LogP contribution < -0.4 is 14.8 Å². The number of carbonyl (C=O) groups is 1. The Bertz CT molecular complexity index is 1060. The Labute approximate surface area is 184 Å². The van der Waals surface area contributed by atoms with Gasteiger partial charge in [0.1, 0.15) is 5.15 Å². The van der Waals surface area contributed by atoms with E-state index in [1.54, 1.807) is 31.7 Å². The van der Waals surface area contributed by atoms with Crippen molar-refractivity contribution in [2.24, 2.45) is 0 Å². The van der Waals surface area contributed by atoms with Crippen molar-refractivity contribution in [3.8, 4) is 22.8 Å². The van der Waals surface area contributed by atoms with Gasteiger partial charge < -0.3 is 9.47 Å². The van der Waals surface area contributed by atoms with E-state index in [1.807, 2.05) is 6.07 Å². The fourth-order valence-electron chi connectivity index (χ4n) is 2.25. The van der Waals surface area contributed by atoms with E-state index in [9.17, 15) is 4.79 Å². The predicted molar refractivity (Wildman–Crippen MR) is 113 cm³/mol. The number of thiazole rings is 1. The minimum Gasteiger partial charge on any atom is -0.493 e. The van der Waals surface area contributed by atoms with Gasteiger partial charge in [-0.1, -0.05) is 46.4 Å². The lowest BCUT2D eigenvalue weighted by molar-refractivity contribution is 0.102. The number of halogens is 4. The number of anilines is 1. The Kier molecular flexibility index (Phi) is 6.52. The average Bonchev–Trinajstić information content (AvgIpc) is 3.16. The smallest absolute Gasteiger partial charge is 0.277 e. The predicted octanol–water partition coefficient (Wildman–Crippen LogP) is 6.09. The minimum atomic E-state index is -0.612. The maximum Gasteiger partial charge on any atom is 0.277 e. The third kappa shape index (κ3) is 4.14. The van der Waals surface area contributed by atoms with Crippen LogP contribution in [0.1, 0.15) is 10.5 Å². The van der Waals surface area contributed by atoms with Crippen molar-refractivity contribution in [1.29, 1.82) is 0 Å². The van der Waals surface area contributed by atoms with E-state index in [-0.39, 0.29) is 25.9 Å². The standard InChI is InChI=1S/C17H11Cl4N3O3S/c1-26-9-4-3-7(5-10(9)27-2)8-6-28-17(22-8)24-16(25)14-12(19)11(18)13(20)15(21)23-14/h3-6H,1-2H3,(H,22,24,25). The molecule has 0 fully saturated rings. The molecule has 0 aliphatic rings. The highest BCUT2D eigenvalue weighted by molar-refractivity contribution is 7.14. The summed E-state index contributed by atoms with van der Waals surface area (Å²) < 4.78 is 10.5. The quantitative estimate of drug-likeness (QED) is 0.449. The van der Waals surface area contributed by atoms with E-state index in [1.165, 1.54) is 11.3 Å². The molecule has 0 spiro atoms. The van der Waals surface area contributed by atoms with Crippen LogP contribution >= 0.6 is 57.7 Å². The summed E-state index contributed by atoms with van der Waals surface area (Å²) in [5.74, 6) is 0.561. The molecule has 0 saturated heterocycles. The van der Waals surface area contributed by atoms with Gasteiger partial charge >= 0.3 is 0 Å². The number of hydrogen-bond donors (Lipinski definition) is 1. The second kappa shape index (κ2) is 8.71. The largest absolute Gasteiger partial charge is 0.493 e. The SMILES string of the molecule is COc1ccc(-c2csc(NC(=O)c3nc(Cl)c(Cl)c(Cl)c3Cl)n2)cc1OC. The van der Waals surface area contributed by atoms with E-state index in [4.69, 9.17) is 55.9 Å². The van der Waals surface area contributed by atoms with Gasteiger partial charge in [-0.3, -0.25) is 10.1 Å². The number of aromatic nitrogens is 2. The van der Waals surface area contributed by atoms with Gasteiger partial charge in [0.2, 0.25) is 0 Å². The lowest BCUT2D eigenvalue weighted by Crippen LogP contribution is -2.14. The molecule has 1 N–H and O–H groups in total. The maximum atomic E-state index is 12.5. The zero-order valence-corrected chi connectivity index (χ0v) is 18.2. The molecule has 11 heteroatoms. The average molecular weight is 479 g/mol. The first kappa shape index (κ1) is 21.0. The Morgan fingerprint density at radius 1 is 1.00 bits per heavy atom. The number of pyridine rings is 1. The van der Waals surface area contributed by atoms with Gasteiger partial charge in [0.25, 0.3) is 5.91 Å². The molecule has 2 aromatic heterocycles. The van der Waals surface area contributed by atoms with Crippen LogP contribution in [-0.4, -0.2) is 30.1 Å². The van der Waals surface area contributed by atoms with Crippen molar-refractivity contribution in [3.05, 3.63) is 49.5 Å². The van der Waals surface area contributed by atoms with Gasteiger partial charge in [-0.2, -0.15) is 0 Å². The molecular weight excluding hydrogens is 468 g/mol. The van der Waals surface area contributed by atoms with E-state index in [2.05, 4.69) is 15.3 Å².